The molecule has 0 radical (unpaired) electrons. The number of anilines is 1. The topological polar surface area (TPSA) is 82.8 Å². The maximum Gasteiger partial charge on any atom is 0.264 e. The summed E-state index contributed by atoms with van der Waals surface area (Å²) in [6.07, 6.45) is 1.31. The average Bonchev–Trinajstić information content (AvgIpc) is 2.42. The lowest BCUT2D eigenvalue weighted by Crippen LogP contribution is -2.15. The van der Waals surface area contributed by atoms with Gasteiger partial charge in [0.15, 0.2) is 5.69 Å². The fraction of sp³-hybridized carbons (Fsp3) is 0. The number of hydrogen-bond acceptors (Lipinski definition) is 4. The molecule has 0 amide bonds. The van der Waals surface area contributed by atoms with Crippen molar-refractivity contribution in [3.63, 3.8) is 0 Å². The van der Waals surface area contributed by atoms with E-state index < -0.39 is 15.8 Å². The van der Waals surface area contributed by atoms with E-state index in [4.69, 9.17) is 16.9 Å². The van der Waals surface area contributed by atoms with Crippen LogP contribution in [0.5, 0.6) is 0 Å². The number of pyridine rings is 1. The zero-order valence-electron chi connectivity index (χ0n) is 9.84. The van der Waals surface area contributed by atoms with Gasteiger partial charge in [0.05, 0.1) is 10.7 Å². The first-order chi connectivity index (χ1) is 9.44. The molecule has 2 rings (SSSR count). The van der Waals surface area contributed by atoms with Crippen molar-refractivity contribution in [2.75, 3.05) is 4.72 Å². The van der Waals surface area contributed by atoms with Gasteiger partial charge in [0.1, 0.15) is 16.8 Å². The third kappa shape index (κ3) is 2.87. The fourth-order valence-corrected chi connectivity index (χ4v) is 2.92. The van der Waals surface area contributed by atoms with E-state index in [0.717, 1.165) is 12.1 Å². The van der Waals surface area contributed by atoms with Gasteiger partial charge in [0.2, 0.25) is 0 Å². The van der Waals surface area contributed by atoms with Crippen LogP contribution < -0.4 is 4.72 Å². The van der Waals surface area contributed by atoms with E-state index in [1.807, 2.05) is 0 Å². The standard InChI is InChI=1S/C12H7ClFN3O2S/c13-9-6-8(14)3-4-10(9)17-20(18,19)12-2-1-5-16-11(12)7-15/h1-6,17H. The lowest BCUT2D eigenvalue weighted by atomic mass is 10.3. The molecule has 1 heterocycles. The van der Waals surface area contributed by atoms with Gasteiger partial charge in [-0.15, -0.1) is 0 Å². The second-order valence-electron chi connectivity index (χ2n) is 3.69. The Bertz CT molecular complexity index is 803. The minimum absolute atomic E-state index is 0.0146. The van der Waals surface area contributed by atoms with Crippen molar-refractivity contribution in [3.05, 3.63) is 53.1 Å². The number of nitrogens with one attached hydrogen (secondary N) is 1. The smallest absolute Gasteiger partial charge is 0.264 e. The van der Waals surface area contributed by atoms with E-state index in [-0.39, 0.29) is 21.3 Å². The largest absolute Gasteiger partial charge is 0.278 e. The van der Waals surface area contributed by atoms with Crippen LogP contribution in [0.15, 0.2) is 41.4 Å². The highest BCUT2D eigenvalue weighted by Crippen LogP contribution is 2.25. The molecular weight excluding hydrogens is 305 g/mol. The summed E-state index contributed by atoms with van der Waals surface area (Å²) in [5.74, 6) is -0.586. The van der Waals surface area contributed by atoms with Crippen LogP contribution in [0.4, 0.5) is 10.1 Å². The number of nitriles is 1. The number of nitrogens with zero attached hydrogens (tertiary/aromatic N) is 2. The van der Waals surface area contributed by atoms with Crippen LogP contribution in [0.3, 0.4) is 0 Å². The van der Waals surface area contributed by atoms with Crippen LogP contribution in [0.1, 0.15) is 5.69 Å². The second kappa shape index (κ2) is 5.45. The highest BCUT2D eigenvalue weighted by atomic mass is 35.5. The summed E-state index contributed by atoms with van der Waals surface area (Å²) in [7, 11) is -4.03. The van der Waals surface area contributed by atoms with Crippen LogP contribution >= 0.6 is 11.6 Å². The van der Waals surface area contributed by atoms with Crippen molar-refractivity contribution in [2.45, 2.75) is 4.90 Å². The lowest BCUT2D eigenvalue weighted by Gasteiger charge is -2.10. The molecule has 0 atom stereocenters. The minimum Gasteiger partial charge on any atom is -0.278 e. The van der Waals surface area contributed by atoms with E-state index in [2.05, 4.69) is 9.71 Å². The molecule has 20 heavy (non-hydrogen) atoms. The zero-order valence-corrected chi connectivity index (χ0v) is 11.4. The highest BCUT2D eigenvalue weighted by Gasteiger charge is 2.20. The molecule has 5 nitrogen and oxygen atoms in total. The zero-order chi connectivity index (χ0) is 14.8. The van der Waals surface area contributed by atoms with Crippen LogP contribution in [-0.4, -0.2) is 13.4 Å². The summed E-state index contributed by atoms with van der Waals surface area (Å²) < 4.78 is 39.4. The lowest BCUT2D eigenvalue weighted by molar-refractivity contribution is 0.600. The van der Waals surface area contributed by atoms with Gasteiger partial charge in [0.25, 0.3) is 10.0 Å². The molecule has 8 heteroatoms. The molecule has 2 aromatic rings. The molecule has 1 N–H and O–H groups in total. The Morgan fingerprint density at radius 3 is 2.75 bits per heavy atom. The molecule has 0 aliphatic rings. The minimum atomic E-state index is -4.03. The van der Waals surface area contributed by atoms with E-state index in [1.54, 1.807) is 6.07 Å². The van der Waals surface area contributed by atoms with Crippen LogP contribution in [0.2, 0.25) is 5.02 Å². The Kier molecular flexibility index (Phi) is 3.88. The number of hydrogen-bond donors (Lipinski definition) is 1. The van der Waals surface area contributed by atoms with Crippen molar-refractivity contribution in [1.29, 1.82) is 5.26 Å². The van der Waals surface area contributed by atoms with Gasteiger partial charge in [-0.25, -0.2) is 17.8 Å². The number of aromatic nitrogens is 1. The third-order valence-electron chi connectivity index (χ3n) is 2.34. The molecular formula is C12H7ClFN3O2S. The maximum atomic E-state index is 12.9. The molecule has 0 saturated carbocycles. The second-order valence-corrected chi connectivity index (χ2v) is 5.75. The van der Waals surface area contributed by atoms with Gasteiger partial charge < -0.3 is 0 Å². The quantitative estimate of drug-likeness (QED) is 0.944. The molecule has 1 aromatic carbocycles. The third-order valence-corrected chi connectivity index (χ3v) is 4.05. The molecule has 0 saturated heterocycles. The van der Waals surface area contributed by atoms with Crippen molar-refractivity contribution in [2.24, 2.45) is 0 Å². The molecule has 1 aromatic heterocycles. The molecule has 0 spiro atoms. The Morgan fingerprint density at radius 1 is 1.35 bits per heavy atom. The van der Waals surface area contributed by atoms with Crippen molar-refractivity contribution >= 4 is 27.3 Å². The molecule has 0 aliphatic heterocycles. The van der Waals surface area contributed by atoms with E-state index in [0.29, 0.717) is 0 Å². The molecule has 0 aliphatic carbocycles. The van der Waals surface area contributed by atoms with E-state index in [1.165, 1.54) is 24.4 Å². The predicted molar refractivity (Wildman–Crippen MR) is 71.2 cm³/mol. The van der Waals surface area contributed by atoms with Crippen LogP contribution in [0, 0.1) is 17.1 Å². The highest BCUT2D eigenvalue weighted by molar-refractivity contribution is 7.92. The monoisotopic (exact) mass is 311 g/mol. The van der Waals surface area contributed by atoms with Gasteiger partial charge in [-0.1, -0.05) is 11.6 Å². The SMILES string of the molecule is N#Cc1ncccc1S(=O)(=O)Nc1ccc(F)cc1Cl. The first kappa shape index (κ1) is 14.2. The number of benzene rings is 1. The predicted octanol–water partition coefficient (Wildman–Crippen LogP) is 2.55. The van der Waals surface area contributed by atoms with Crippen molar-refractivity contribution < 1.29 is 12.8 Å². The Hall–Kier alpha value is -2.17. The van der Waals surface area contributed by atoms with Crippen LogP contribution in [0.25, 0.3) is 0 Å². The Morgan fingerprint density at radius 2 is 2.10 bits per heavy atom. The summed E-state index contributed by atoms with van der Waals surface area (Å²) in [4.78, 5) is 3.39. The first-order valence-electron chi connectivity index (χ1n) is 5.27. The van der Waals surface area contributed by atoms with Gasteiger partial charge in [-0.3, -0.25) is 4.72 Å². The molecule has 102 valence electrons. The Balaban J connectivity index is 2.44. The first-order valence-corrected chi connectivity index (χ1v) is 7.13. The van der Waals surface area contributed by atoms with Gasteiger partial charge in [-0.05, 0) is 30.3 Å². The summed E-state index contributed by atoms with van der Waals surface area (Å²) in [5, 5.41) is 8.77. The van der Waals surface area contributed by atoms with Gasteiger partial charge in [-0.2, -0.15) is 5.26 Å². The summed E-state index contributed by atoms with van der Waals surface area (Å²) in [5.41, 5.74) is -0.223. The molecule has 0 unspecified atom stereocenters. The summed E-state index contributed by atoms with van der Waals surface area (Å²) >= 11 is 5.75. The van der Waals surface area contributed by atoms with E-state index in [9.17, 15) is 12.8 Å². The fourth-order valence-electron chi connectivity index (χ4n) is 1.46. The number of sulfonamides is 1. The molecule has 0 fully saturated rings. The summed E-state index contributed by atoms with van der Waals surface area (Å²) in [6, 6.07) is 7.56. The van der Waals surface area contributed by atoms with Crippen molar-refractivity contribution in [3.8, 4) is 6.07 Å². The van der Waals surface area contributed by atoms with Gasteiger partial charge >= 0.3 is 0 Å². The summed E-state index contributed by atoms with van der Waals surface area (Å²) in [6.45, 7) is 0. The van der Waals surface area contributed by atoms with Gasteiger partial charge in [0, 0.05) is 6.20 Å². The average molecular weight is 312 g/mol. The maximum absolute atomic E-state index is 12.9. The normalized spacial score (nSPS) is 10.8. The number of rotatable bonds is 3. The number of halogens is 2. The van der Waals surface area contributed by atoms with Crippen molar-refractivity contribution in [1.82, 2.24) is 4.98 Å². The van der Waals surface area contributed by atoms with E-state index >= 15 is 0 Å². The molecule has 0 bridgehead atoms. The van der Waals surface area contributed by atoms with Crippen LogP contribution in [-0.2, 0) is 10.0 Å². The Labute approximate surface area is 119 Å².